The number of hydrogen-bond donors (Lipinski definition) is 1. The van der Waals surface area contributed by atoms with Gasteiger partial charge in [0, 0.05) is 25.3 Å². The third kappa shape index (κ3) is 3.74. The molecule has 2 heterocycles. The van der Waals surface area contributed by atoms with Crippen LogP contribution in [-0.4, -0.2) is 54.9 Å². The van der Waals surface area contributed by atoms with Crippen molar-refractivity contribution >= 4 is 11.6 Å². The van der Waals surface area contributed by atoms with Crippen LogP contribution in [0.1, 0.15) is 49.3 Å². The van der Waals surface area contributed by atoms with Gasteiger partial charge in [0.05, 0.1) is 30.8 Å². The molecule has 1 saturated carbocycles. The number of halogens is 1. The van der Waals surface area contributed by atoms with Gasteiger partial charge >= 0.3 is 0 Å². The molecule has 1 N–H and O–H groups in total. The Balaban J connectivity index is 1.57. The van der Waals surface area contributed by atoms with E-state index in [-0.39, 0.29) is 11.7 Å². The van der Waals surface area contributed by atoms with E-state index in [0.29, 0.717) is 19.8 Å². The Morgan fingerprint density at radius 3 is 2.47 bits per heavy atom. The molecule has 0 bridgehead atoms. The summed E-state index contributed by atoms with van der Waals surface area (Å²) in [6.45, 7) is 3.28. The highest BCUT2D eigenvalue weighted by atomic mass is 19.1. The van der Waals surface area contributed by atoms with Gasteiger partial charge in [0.15, 0.2) is 0 Å². The number of anilines is 1. The summed E-state index contributed by atoms with van der Waals surface area (Å²) in [5, 5.41) is 11.5. The van der Waals surface area contributed by atoms with Crippen LogP contribution in [0.2, 0.25) is 0 Å². The molecule has 2 atom stereocenters. The zero-order valence-electron chi connectivity index (χ0n) is 18.4. The van der Waals surface area contributed by atoms with Crippen LogP contribution in [0, 0.1) is 5.82 Å². The lowest BCUT2D eigenvalue weighted by Crippen LogP contribution is -2.49. The second-order valence-electron chi connectivity index (χ2n) is 9.32. The summed E-state index contributed by atoms with van der Waals surface area (Å²) in [6, 6.07) is 13.9. The Morgan fingerprint density at radius 1 is 1.03 bits per heavy atom. The van der Waals surface area contributed by atoms with Crippen LogP contribution in [0.15, 0.2) is 48.5 Å². The van der Waals surface area contributed by atoms with Gasteiger partial charge < -0.3 is 14.7 Å². The fourth-order valence-electron chi connectivity index (χ4n) is 5.81. The normalized spacial score (nSPS) is 22.7. The molecular formula is C26H31FN2O3. The van der Waals surface area contributed by atoms with Crippen molar-refractivity contribution < 1.29 is 19.0 Å². The van der Waals surface area contributed by atoms with Crippen molar-refractivity contribution in [3.8, 4) is 0 Å². The molecule has 2 aromatic carbocycles. The number of hydrogen-bond acceptors (Lipinski definition) is 4. The van der Waals surface area contributed by atoms with Crippen molar-refractivity contribution in [2.24, 2.45) is 0 Å². The van der Waals surface area contributed by atoms with Crippen molar-refractivity contribution in [2.45, 2.75) is 49.7 Å². The van der Waals surface area contributed by atoms with Gasteiger partial charge in [0.2, 0.25) is 5.91 Å². The van der Waals surface area contributed by atoms with Crippen LogP contribution in [0.5, 0.6) is 0 Å². The summed E-state index contributed by atoms with van der Waals surface area (Å²) in [4.78, 5) is 18.1. The first-order valence-electron chi connectivity index (χ1n) is 11.8. The maximum Gasteiger partial charge on any atom is 0.238 e. The average molecular weight is 439 g/mol. The zero-order chi connectivity index (χ0) is 22.1. The molecule has 0 unspecified atom stereocenters. The van der Waals surface area contributed by atoms with E-state index in [0.717, 1.165) is 62.0 Å². The molecule has 5 nitrogen and oxygen atoms in total. The van der Waals surface area contributed by atoms with E-state index in [2.05, 4.69) is 4.90 Å². The van der Waals surface area contributed by atoms with Crippen molar-refractivity contribution in [1.82, 2.24) is 4.90 Å². The van der Waals surface area contributed by atoms with E-state index in [9.17, 15) is 14.3 Å². The predicted octanol–water partition coefficient (Wildman–Crippen LogP) is 3.81. The number of benzene rings is 2. The van der Waals surface area contributed by atoms with Crippen molar-refractivity contribution in [1.29, 1.82) is 0 Å². The van der Waals surface area contributed by atoms with Gasteiger partial charge in [0.1, 0.15) is 5.82 Å². The van der Waals surface area contributed by atoms with E-state index in [4.69, 9.17) is 4.74 Å². The molecule has 3 aliphatic rings. The van der Waals surface area contributed by atoms with E-state index in [1.54, 1.807) is 17.0 Å². The van der Waals surface area contributed by atoms with Gasteiger partial charge in [-0.05, 0) is 42.2 Å². The molecule has 0 radical (unpaired) electrons. The Bertz CT molecular complexity index is 955. The lowest BCUT2D eigenvalue weighted by Gasteiger charge is -2.38. The molecule has 2 aromatic rings. The number of amides is 1. The van der Waals surface area contributed by atoms with E-state index in [1.165, 1.54) is 6.07 Å². The average Bonchev–Trinajstić information content (AvgIpc) is 3.04. The van der Waals surface area contributed by atoms with Crippen LogP contribution >= 0.6 is 0 Å². The Labute approximate surface area is 188 Å². The summed E-state index contributed by atoms with van der Waals surface area (Å²) in [5.41, 5.74) is 1.75. The molecule has 2 fully saturated rings. The number of ether oxygens (including phenoxy) is 1. The second-order valence-corrected chi connectivity index (χ2v) is 9.32. The molecule has 1 aliphatic carbocycles. The van der Waals surface area contributed by atoms with Gasteiger partial charge in [-0.15, -0.1) is 0 Å². The zero-order valence-corrected chi connectivity index (χ0v) is 18.4. The third-order valence-corrected chi connectivity index (χ3v) is 7.40. The first-order chi connectivity index (χ1) is 15.6. The SMILES string of the molecule is O=C1N([C@@H](c2ccccc2)[C@H](O)CN2CCOCC2)c2ccc(F)cc2C12CCCCC2. The quantitative estimate of drug-likeness (QED) is 0.772. The molecule has 5 rings (SSSR count). The van der Waals surface area contributed by atoms with Gasteiger partial charge in [-0.3, -0.25) is 9.69 Å². The van der Waals surface area contributed by atoms with Crippen LogP contribution in [-0.2, 0) is 14.9 Å². The predicted molar refractivity (Wildman–Crippen MR) is 121 cm³/mol. The lowest BCUT2D eigenvalue weighted by molar-refractivity contribution is -0.125. The number of carbonyl (C=O) groups is 1. The Morgan fingerprint density at radius 2 is 1.75 bits per heavy atom. The number of morpholine rings is 1. The van der Waals surface area contributed by atoms with E-state index in [1.807, 2.05) is 30.3 Å². The number of β-amino-alcohol motifs (C(OH)–C–C–N with tert-alkyl or cyclic N) is 1. The van der Waals surface area contributed by atoms with Crippen LogP contribution < -0.4 is 4.90 Å². The number of rotatable bonds is 5. The highest BCUT2D eigenvalue weighted by molar-refractivity contribution is 6.08. The number of aliphatic hydroxyl groups is 1. The van der Waals surface area contributed by atoms with E-state index < -0.39 is 17.6 Å². The summed E-state index contributed by atoms with van der Waals surface area (Å²) in [7, 11) is 0. The molecule has 0 aromatic heterocycles. The minimum absolute atomic E-state index is 0.00711. The Hall–Kier alpha value is -2.28. The van der Waals surface area contributed by atoms with E-state index >= 15 is 0 Å². The van der Waals surface area contributed by atoms with Crippen molar-refractivity contribution in [3.63, 3.8) is 0 Å². The minimum atomic E-state index is -0.781. The van der Waals surface area contributed by atoms with Crippen LogP contribution in [0.4, 0.5) is 10.1 Å². The summed E-state index contributed by atoms with van der Waals surface area (Å²) in [6.07, 6.45) is 3.71. The summed E-state index contributed by atoms with van der Waals surface area (Å²) in [5.74, 6) is -0.304. The summed E-state index contributed by atoms with van der Waals surface area (Å²) >= 11 is 0. The van der Waals surface area contributed by atoms with Crippen molar-refractivity contribution in [2.75, 3.05) is 37.7 Å². The largest absolute Gasteiger partial charge is 0.389 e. The van der Waals surface area contributed by atoms with Crippen LogP contribution in [0.25, 0.3) is 0 Å². The fraction of sp³-hybridized carbons (Fsp3) is 0.500. The topological polar surface area (TPSA) is 53.0 Å². The number of fused-ring (bicyclic) bond motifs is 2. The summed E-state index contributed by atoms with van der Waals surface area (Å²) < 4.78 is 19.8. The minimum Gasteiger partial charge on any atom is -0.389 e. The number of aliphatic hydroxyl groups excluding tert-OH is 1. The van der Waals surface area contributed by atoms with Gasteiger partial charge in [-0.25, -0.2) is 4.39 Å². The number of carbonyl (C=O) groups excluding carboxylic acids is 1. The second kappa shape index (κ2) is 8.93. The monoisotopic (exact) mass is 438 g/mol. The molecule has 170 valence electrons. The first-order valence-corrected chi connectivity index (χ1v) is 11.8. The van der Waals surface area contributed by atoms with Gasteiger partial charge in [-0.1, -0.05) is 49.6 Å². The first kappa shape index (κ1) is 21.6. The number of nitrogens with zero attached hydrogens (tertiary/aromatic N) is 2. The maximum atomic E-state index is 14.3. The molecule has 6 heteroatoms. The maximum absolute atomic E-state index is 14.3. The van der Waals surface area contributed by atoms with Gasteiger partial charge in [-0.2, -0.15) is 0 Å². The molecule has 1 saturated heterocycles. The lowest BCUT2D eigenvalue weighted by atomic mass is 9.70. The highest BCUT2D eigenvalue weighted by Crippen LogP contribution is 2.53. The van der Waals surface area contributed by atoms with Crippen molar-refractivity contribution in [3.05, 3.63) is 65.5 Å². The fourth-order valence-corrected chi connectivity index (χ4v) is 5.81. The highest BCUT2D eigenvalue weighted by Gasteiger charge is 2.54. The van der Waals surface area contributed by atoms with Crippen LogP contribution in [0.3, 0.4) is 0 Å². The molecule has 1 amide bonds. The molecule has 1 spiro atoms. The molecular weight excluding hydrogens is 407 g/mol. The third-order valence-electron chi connectivity index (χ3n) is 7.40. The molecule has 32 heavy (non-hydrogen) atoms. The smallest absolute Gasteiger partial charge is 0.238 e. The Kier molecular flexibility index (Phi) is 6.01. The van der Waals surface area contributed by atoms with Gasteiger partial charge in [0.25, 0.3) is 0 Å². The standard InChI is InChI=1S/C26H31FN2O3/c27-20-9-10-22-21(17-20)26(11-5-2-6-12-26)25(31)29(22)24(19-7-3-1-4-8-19)23(30)18-28-13-15-32-16-14-28/h1,3-4,7-10,17,23-24,30H,2,5-6,11-16,18H2/t23-,24+/m1/s1. The molecule has 2 aliphatic heterocycles.